The fourth-order valence-corrected chi connectivity index (χ4v) is 12.0. The van der Waals surface area contributed by atoms with E-state index < -0.39 is 9.84 Å². The van der Waals surface area contributed by atoms with Crippen molar-refractivity contribution < 1.29 is 55.9 Å². The van der Waals surface area contributed by atoms with Crippen molar-refractivity contribution >= 4 is 32.2 Å². The second kappa shape index (κ2) is 29.8. The molecule has 0 spiro atoms. The number of fused-ring (bicyclic) bond motifs is 1. The molecule has 480 valence electrons. The molecular formula is C81H78O12S. The Morgan fingerprint density at radius 1 is 0.309 bits per heavy atom. The van der Waals surface area contributed by atoms with Gasteiger partial charge in [-0.15, -0.1) is 0 Å². The van der Waals surface area contributed by atoms with Crippen molar-refractivity contribution in [3.05, 3.63) is 291 Å². The van der Waals surface area contributed by atoms with Crippen LogP contribution >= 0.6 is 0 Å². The molecule has 94 heavy (non-hydrogen) atoms. The highest BCUT2D eigenvalue weighted by Crippen LogP contribution is 2.43. The van der Waals surface area contributed by atoms with Crippen LogP contribution in [-0.4, -0.2) is 55.5 Å². The number of carbonyl (C=O) groups is 2. The minimum absolute atomic E-state index is 0.00574. The lowest BCUT2D eigenvalue weighted by molar-refractivity contribution is 0.103. The third-order valence-electron chi connectivity index (χ3n) is 16.3. The van der Waals surface area contributed by atoms with Crippen LogP contribution < -0.4 is 37.9 Å². The number of carbonyl (C=O) groups excluding carboxylic acids is 2. The summed E-state index contributed by atoms with van der Waals surface area (Å²) in [4.78, 5) is 25.7. The lowest BCUT2D eigenvalue weighted by Crippen LogP contribution is -2.20. The normalized spacial score (nSPS) is 11.0. The zero-order valence-corrected chi connectivity index (χ0v) is 56.4. The van der Waals surface area contributed by atoms with Crippen LogP contribution in [0, 0.1) is 48.5 Å². The zero-order valence-electron chi connectivity index (χ0n) is 55.6. The molecular weight excluding hydrogens is 1200 g/mol. The molecule has 11 aromatic rings. The summed E-state index contributed by atoms with van der Waals surface area (Å²) in [6.07, 6.45) is 0. The van der Waals surface area contributed by atoms with Crippen LogP contribution in [0.1, 0.15) is 95.8 Å². The zero-order chi connectivity index (χ0) is 67.4. The number of aryl methyl sites for hydroxylation is 7. The highest BCUT2D eigenvalue weighted by molar-refractivity contribution is 7.91. The molecule has 11 rings (SSSR count). The highest BCUT2D eigenvalue weighted by Gasteiger charge is 2.27. The van der Waals surface area contributed by atoms with E-state index in [2.05, 4.69) is 52.0 Å². The standard InChI is InChI=1S/C33H36O4S.C25H20O3.C23H22O5/c1-21-9-13-29(14-10-21)38(34,35)30-15-11-28(12-16-30)37-32-24(4)19-27(20-25(32)5)33(6,7)26-17-22(2)31(36-8)23(3)18-26;1-17-3-5-18(6-4-17)25(26)19-7-11-22(12-8-19)28-24-14-10-20-15-23(27-2)13-9-21(20)16-24;1-15-5-7-16(8-6-15)23(24)17-9-11-18(12-10-17)28-22-14-20(26-3)19(25-2)13-21(22)27-4/h9-20H,1-8H3;3-16H,1-2H3;5-14H,1-4H3. The summed E-state index contributed by atoms with van der Waals surface area (Å²) in [7, 11) is 4.45. The number of rotatable bonds is 19. The van der Waals surface area contributed by atoms with E-state index in [1.54, 1.807) is 133 Å². The molecule has 0 aliphatic carbocycles. The van der Waals surface area contributed by atoms with E-state index in [-0.39, 0.29) is 26.8 Å². The van der Waals surface area contributed by atoms with Gasteiger partial charge in [-0.3, -0.25) is 9.59 Å². The van der Waals surface area contributed by atoms with Crippen LogP contribution in [0.25, 0.3) is 10.8 Å². The van der Waals surface area contributed by atoms with Gasteiger partial charge in [-0.25, -0.2) is 8.42 Å². The molecule has 0 saturated carbocycles. The lowest BCUT2D eigenvalue weighted by atomic mass is 9.76. The summed E-state index contributed by atoms with van der Waals surface area (Å²) in [5.74, 6) is 7.18. The molecule has 0 radical (unpaired) electrons. The van der Waals surface area contributed by atoms with Gasteiger partial charge in [0, 0.05) is 39.8 Å². The monoisotopic (exact) mass is 1270 g/mol. The number of hydrogen-bond donors (Lipinski definition) is 0. The first kappa shape index (κ1) is 67.8. The molecule has 12 nitrogen and oxygen atoms in total. The van der Waals surface area contributed by atoms with E-state index in [0.717, 1.165) is 72.7 Å². The van der Waals surface area contributed by atoms with Crippen molar-refractivity contribution in [1.29, 1.82) is 0 Å². The molecule has 0 unspecified atom stereocenters. The fraction of sp³-hybridized carbons (Fsp3) is 0.185. The number of ketones is 2. The average molecular weight is 1280 g/mol. The molecule has 0 bridgehead atoms. The van der Waals surface area contributed by atoms with E-state index in [9.17, 15) is 18.0 Å². The minimum Gasteiger partial charge on any atom is -0.497 e. The predicted molar refractivity (Wildman–Crippen MR) is 373 cm³/mol. The van der Waals surface area contributed by atoms with Gasteiger partial charge in [-0.2, -0.15) is 0 Å². The Morgan fingerprint density at radius 3 is 1.04 bits per heavy atom. The van der Waals surface area contributed by atoms with Crippen molar-refractivity contribution in [1.82, 2.24) is 0 Å². The molecule has 13 heteroatoms. The maximum Gasteiger partial charge on any atom is 0.206 e. The van der Waals surface area contributed by atoms with Crippen LogP contribution in [0.5, 0.6) is 63.2 Å². The Morgan fingerprint density at radius 2 is 0.628 bits per heavy atom. The number of benzene rings is 11. The molecule has 0 aliphatic rings. The molecule has 0 amide bonds. The van der Waals surface area contributed by atoms with E-state index >= 15 is 0 Å². The molecule has 0 atom stereocenters. The molecule has 0 aromatic heterocycles. The highest BCUT2D eigenvalue weighted by atomic mass is 32.2. The van der Waals surface area contributed by atoms with Gasteiger partial charge >= 0.3 is 0 Å². The van der Waals surface area contributed by atoms with E-state index in [1.807, 2.05) is 132 Å². The van der Waals surface area contributed by atoms with Crippen LogP contribution in [0.2, 0.25) is 0 Å². The maximum atomic E-state index is 13.0. The van der Waals surface area contributed by atoms with Crippen molar-refractivity contribution in [3.8, 4) is 63.2 Å². The van der Waals surface area contributed by atoms with Gasteiger partial charge in [0.1, 0.15) is 40.2 Å². The predicted octanol–water partition coefficient (Wildman–Crippen LogP) is 19.4. The Kier molecular flexibility index (Phi) is 21.5. The van der Waals surface area contributed by atoms with Gasteiger partial charge < -0.3 is 37.9 Å². The van der Waals surface area contributed by atoms with Crippen LogP contribution in [0.15, 0.2) is 228 Å². The van der Waals surface area contributed by atoms with Crippen molar-refractivity contribution in [2.75, 3.05) is 35.5 Å². The van der Waals surface area contributed by atoms with E-state index in [4.69, 9.17) is 37.9 Å². The topological polar surface area (TPSA) is 142 Å². The number of hydrogen-bond acceptors (Lipinski definition) is 12. The molecule has 0 N–H and O–H groups in total. The molecule has 0 heterocycles. The Labute approximate surface area is 552 Å². The average Bonchev–Trinajstić information content (AvgIpc) is 0.791. The Bertz CT molecular complexity index is 4550. The summed E-state index contributed by atoms with van der Waals surface area (Å²) in [5.41, 5.74) is 12.3. The van der Waals surface area contributed by atoms with Crippen LogP contribution in [0.3, 0.4) is 0 Å². The van der Waals surface area contributed by atoms with E-state index in [0.29, 0.717) is 62.5 Å². The van der Waals surface area contributed by atoms with Gasteiger partial charge in [0.05, 0.1) is 45.3 Å². The fourth-order valence-electron chi connectivity index (χ4n) is 10.8. The minimum atomic E-state index is -3.58. The molecule has 0 fully saturated rings. The number of methoxy groups -OCH3 is 5. The summed E-state index contributed by atoms with van der Waals surface area (Å²) in [6.45, 7) is 18.6. The summed E-state index contributed by atoms with van der Waals surface area (Å²) in [6, 6.07) is 66.8. The van der Waals surface area contributed by atoms with Crippen molar-refractivity contribution in [2.45, 2.75) is 77.5 Å². The first-order chi connectivity index (χ1) is 45.0. The summed E-state index contributed by atoms with van der Waals surface area (Å²) in [5, 5.41) is 2.16. The Balaban J connectivity index is 0.000000169. The van der Waals surface area contributed by atoms with Gasteiger partial charge in [-0.1, -0.05) is 128 Å². The van der Waals surface area contributed by atoms with Gasteiger partial charge in [0.15, 0.2) is 34.6 Å². The first-order valence-corrected chi connectivity index (χ1v) is 32.0. The molecule has 0 saturated heterocycles. The summed E-state index contributed by atoms with van der Waals surface area (Å²) >= 11 is 0. The van der Waals surface area contributed by atoms with Crippen molar-refractivity contribution in [3.63, 3.8) is 0 Å². The van der Waals surface area contributed by atoms with Crippen LogP contribution in [0.4, 0.5) is 0 Å². The quantitative estimate of drug-likeness (QED) is 0.0711. The largest absolute Gasteiger partial charge is 0.497 e. The first-order valence-electron chi connectivity index (χ1n) is 30.6. The van der Waals surface area contributed by atoms with Gasteiger partial charge in [0.25, 0.3) is 0 Å². The lowest BCUT2D eigenvalue weighted by Gasteiger charge is -2.29. The third-order valence-corrected chi connectivity index (χ3v) is 18.1. The van der Waals surface area contributed by atoms with E-state index in [1.165, 1.54) is 11.1 Å². The number of ether oxygens (including phenoxy) is 8. The van der Waals surface area contributed by atoms with Gasteiger partial charge in [-0.05, 0) is 202 Å². The maximum absolute atomic E-state index is 13.0. The second-order valence-corrected chi connectivity index (χ2v) is 25.4. The SMILES string of the molecule is COc1c(C)cc(C(C)(C)c2cc(C)c(Oc3ccc(S(=O)(=O)c4ccc(C)cc4)cc3)c(C)c2)cc1C.COc1cc(OC)c(Oc2ccc(C(=O)c3ccc(C)cc3)cc2)cc1OC.COc1ccc2cc(Oc3ccc(C(=O)c4ccc(C)cc4)cc3)ccc2c1. The van der Waals surface area contributed by atoms with Crippen LogP contribution in [-0.2, 0) is 15.3 Å². The number of sulfone groups is 1. The second-order valence-electron chi connectivity index (χ2n) is 23.5. The van der Waals surface area contributed by atoms with Crippen molar-refractivity contribution in [2.24, 2.45) is 0 Å². The summed E-state index contributed by atoms with van der Waals surface area (Å²) < 4.78 is 70.9. The molecule has 11 aromatic carbocycles. The smallest absolute Gasteiger partial charge is 0.206 e. The molecule has 0 aliphatic heterocycles. The Hall–Kier alpha value is -10.6. The third kappa shape index (κ3) is 16.0. The van der Waals surface area contributed by atoms with Gasteiger partial charge in [0.2, 0.25) is 9.84 Å².